The highest BCUT2D eigenvalue weighted by atomic mass is 35.5. The van der Waals surface area contributed by atoms with Gasteiger partial charge in [-0.1, -0.05) is 11.6 Å². The second kappa shape index (κ2) is 7.84. The summed E-state index contributed by atoms with van der Waals surface area (Å²) in [7, 11) is 1.55. The summed E-state index contributed by atoms with van der Waals surface area (Å²) in [4.78, 5) is 19.3. The minimum Gasteiger partial charge on any atom is -0.466 e. The molecule has 0 aromatic carbocycles. The van der Waals surface area contributed by atoms with Crippen molar-refractivity contribution in [3.63, 3.8) is 0 Å². The molecular formula is C11H16ClN3O3. The highest BCUT2D eigenvalue weighted by Crippen LogP contribution is 2.12. The van der Waals surface area contributed by atoms with Crippen molar-refractivity contribution in [1.82, 2.24) is 9.97 Å². The lowest BCUT2D eigenvalue weighted by molar-refractivity contribution is -0.142. The number of carbonyl (C=O) groups is 1. The topological polar surface area (TPSA) is 73.3 Å². The summed E-state index contributed by atoms with van der Waals surface area (Å²) in [6.45, 7) is 2.87. The summed E-state index contributed by atoms with van der Waals surface area (Å²) < 4.78 is 9.74. The first kappa shape index (κ1) is 14.7. The molecule has 0 saturated carbocycles. The van der Waals surface area contributed by atoms with E-state index in [0.29, 0.717) is 29.9 Å². The summed E-state index contributed by atoms with van der Waals surface area (Å²) >= 11 is 5.84. The monoisotopic (exact) mass is 273 g/mol. The van der Waals surface area contributed by atoms with Gasteiger partial charge in [0.05, 0.1) is 13.0 Å². The molecule has 1 aromatic rings. The molecule has 0 radical (unpaired) electrons. The molecule has 0 fully saturated rings. The predicted molar refractivity (Wildman–Crippen MR) is 67.5 cm³/mol. The van der Waals surface area contributed by atoms with Crippen molar-refractivity contribution in [3.05, 3.63) is 17.0 Å². The third kappa shape index (κ3) is 5.29. The lowest BCUT2D eigenvalue weighted by atomic mass is 10.4. The van der Waals surface area contributed by atoms with Crippen LogP contribution in [0.15, 0.2) is 6.07 Å². The van der Waals surface area contributed by atoms with Crippen LogP contribution in [-0.2, 0) is 20.9 Å². The maximum absolute atomic E-state index is 11.1. The number of ether oxygens (including phenoxy) is 2. The van der Waals surface area contributed by atoms with Crippen LogP contribution in [0.5, 0.6) is 0 Å². The first-order valence-corrected chi connectivity index (χ1v) is 5.95. The molecule has 1 rings (SSSR count). The third-order valence-corrected chi connectivity index (χ3v) is 2.15. The van der Waals surface area contributed by atoms with E-state index in [1.165, 1.54) is 0 Å². The lowest BCUT2D eigenvalue weighted by Gasteiger charge is -2.07. The van der Waals surface area contributed by atoms with Crippen LogP contribution in [0.1, 0.15) is 19.2 Å². The van der Waals surface area contributed by atoms with Crippen LogP contribution < -0.4 is 5.32 Å². The third-order valence-electron chi connectivity index (χ3n) is 1.96. The molecule has 7 heteroatoms. The highest BCUT2D eigenvalue weighted by Gasteiger charge is 2.05. The summed E-state index contributed by atoms with van der Waals surface area (Å²) in [5, 5.41) is 3.31. The fourth-order valence-corrected chi connectivity index (χ4v) is 1.48. The molecule has 1 heterocycles. The average Bonchev–Trinajstić information content (AvgIpc) is 2.29. The Morgan fingerprint density at radius 2 is 2.28 bits per heavy atom. The molecule has 18 heavy (non-hydrogen) atoms. The molecule has 0 unspecified atom stereocenters. The first-order valence-electron chi connectivity index (χ1n) is 5.57. The van der Waals surface area contributed by atoms with E-state index in [-0.39, 0.29) is 19.0 Å². The Kier molecular flexibility index (Phi) is 6.38. The van der Waals surface area contributed by atoms with E-state index < -0.39 is 0 Å². The molecule has 0 bridgehead atoms. The summed E-state index contributed by atoms with van der Waals surface area (Å²) in [6.07, 6.45) is 0.273. The van der Waals surface area contributed by atoms with Gasteiger partial charge in [-0.3, -0.25) is 4.79 Å². The molecule has 1 aromatic heterocycles. The summed E-state index contributed by atoms with van der Waals surface area (Å²) in [6, 6.07) is 1.59. The van der Waals surface area contributed by atoms with Gasteiger partial charge in [0.15, 0.2) is 5.82 Å². The van der Waals surface area contributed by atoms with Gasteiger partial charge in [-0.2, -0.15) is 0 Å². The van der Waals surface area contributed by atoms with Crippen LogP contribution in [-0.4, -0.2) is 36.2 Å². The molecule has 0 aliphatic carbocycles. The number of aromatic nitrogens is 2. The van der Waals surface area contributed by atoms with Gasteiger partial charge in [-0.25, -0.2) is 9.97 Å². The molecule has 0 spiro atoms. The maximum atomic E-state index is 11.1. The number of carbonyl (C=O) groups excluding carboxylic acids is 1. The Labute approximate surface area is 111 Å². The number of nitrogens with one attached hydrogen (secondary N) is 1. The second-order valence-electron chi connectivity index (χ2n) is 3.41. The van der Waals surface area contributed by atoms with Crippen molar-refractivity contribution < 1.29 is 14.3 Å². The van der Waals surface area contributed by atoms with Crippen molar-refractivity contribution in [2.75, 3.05) is 25.6 Å². The van der Waals surface area contributed by atoms with Gasteiger partial charge in [-0.15, -0.1) is 0 Å². The number of rotatable bonds is 7. The van der Waals surface area contributed by atoms with Gasteiger partial charge in [-0.05, 0) is 6.92 Å². The minimum absolute atomic E-state index is 0.248. The van der Waals surface area contributed by atoms with Crippen molar-refractivity contribution in [1.29, 1.82) is 0 Å². The standard InChI is InChI=1S/C11H16ClN3O3/c1-3-18-11(16)4-5-13-9-6-8(12)14-10(15-9)7-17-2/h6H,3-5,7H2,1-2H3,(H,13,14,15). The fraction of sp³-hybridized carbons (Fsp3) is 0.545. The largest absolute Gasteiger partial charge is 0.466 e. The number of methoxy groups -OCH3 is 1. The van der Waals surface area contributed by atoms with Gasteiger partial charge in [0.2, 0.25) is 0 Å². The van der Waals surface area contributed by atoms with E-state index in [0.717, 1.165) is 0 Å². The van der Waals surface area contributed by atoms with E-state index in [2.05, 4.69) is 15.3 Å². The van der Waals surface area contributed by atoms with Gasteiger partial charge < -0.3 is 14.8 Å². The number of esters is 1. The predicted octanol–water partition coefficient (Wildman–Crippen LogP) is 1.64. The molecule has 0 saturated heterocycles. The van der Waals surface area contributed by atoms with E-state index in [9.17, 15) is 4.79 Å². The Morgan fingerprint density at radius 3 is 2.94 bits per heavy atom. The quantitative estimate of drug-likeness (QED) is 0.601. The van der Waals surface area contributed by atoms with Gasteiger partial charge in [0, 0.05) is 19.7 Å². The van der Waals surface area contributed by atoms with Crippen LogP contribution in [0.25, 0.3) is 0 Å². The van der Waals surface area contributed by atoms with Gasteiger partial charge >= 0.3 is 5.97 Å². The zero-order chi connectivity index (χ0) is 13.4. The molecular weight excluding hydrogens is 258 g/mol. The summed E-state index contributed by atoms with van der Waals surface area (Å²) in [5.74, 6) is 0.803. The Bertz CT molecular complexity index is 401. The van der Waals surface area contributed by atoms with E-state index in [1.807, 2.05) is 0 Å². The van der Waals surface area contributed by atoms with Crippen molar-refractivity contribution in [2.45, 2.75) is 20.0 Å². The number of halogens is 1. The zero-order valence-electron chi connectivity index (χ0n) is 10.4. The Hall–Kier alpha value is -1.40. The highest BCUT2D eigenvalue weighted by molar-refractivity contribution is 6.29. The minimum atomic E-state index is -0.248. The van der Waals surface area contributed by atoms with E-state index in [1.54, 1.807) is 20.1 Å². The smallest absolute Gasteiger partial charge is 0.307 e. The molecule has 0 atom stereocenters. The molecule has 1 N–H and O–H groups in total. The fourth-order valence-electron chi connectivity index (χ4n) is 1.27. The van der Waals surface area contributed by atoms with Crippen LogP contribution in [0.3, 0.4) is 0 Å². The Morgan fingerprint density at radius 1 is 1.50 bits per heavy atom. The maximum Gasteiger partial charge on any atom is 0.307 e. The number of hydrogen-bond acceptors (Lipinski definition) is 6. The number of anilines is 1. The molecule has 6 nitrogen and oxygen atoms in total. The van der Waals surface area contributed by atoms with Gasteiger partial charge in [0.1, 0.15) is 17.6 Å². The first-order chi connectivity index (χ1) is 8.65. The van der Waals surface area contributed by atoms with Crippen molar-refractivity contribution in [3.8, 4) is 0 Å². The van der Waals surface area contributed by atoms with E-state index >= 15 is 0 Å². The molecule has 0 aliphatic rings. The Balaban J connectivity index is 2.48. The lowest BCUT2D eigenvalue weighted by Crippen LogP contribution is -2.12. The molecule has 0 amide bonds. The average molecular weight is 274 g/mol. The SMILES string of the molecule is CCOC(=O)CCNc1cc(Cl)nc(COC)n1. The normalized spacial score (nSPS) is 10.2. The number of hydrogen-bond donors (Lipinski definition) is 1. The van der Waals surface area contributed by atoms with Crippen LogP contribution in [0.4, 0.5) is 5.82 Å². The van der Waals surface area contributed by atoms with Gasteiger partial charge in [0.25, 0.3) is 0 Å². The van der Waals surface area contributed by atoms with Crippen LogP contribution in [0, 0.1) is 0 Å². The molecule has 0 aliphatic heterocycles. The van der Waals surface area contributed by atoms with Crippen molar-refractivity contribution in [2.24, 2.45) is 0 Å². The van der Waals surface area contributed by atoms with Crippen LogP contribution >= 0.6 is 11.6 Å². The number of nitrogens with zero attached hydrogens (tertiary/aromatic N) is 2. The zero-order valence-corrected chi connectivity index (χ0v) is 11.2. The van der Waals surface area contributed by atoms with E-state index in [4.69, 9.17) is 21.1 Å². The molecule has 100 valence electrons. The van der Waals surface area contributed by atoms with Crippen LogP contribution in [0.2, 0.25) is 5.15 Å². The van der Waals surface area contributed by atoms with Crippen molar-refractivity contribution >= 4 is 23.4 Å². The summed E-state index contributed by atoms with van der Waals surface area (Å²) in [5.41, 5.74) is 0. The second-order valence-corrected chi connectivity index (χ2v) is 3.79.